The fraction of sp³-hybridized carbons (Fsp3) is 0.667. The molecule has 1 saturated heterocycles. The van der Waals surface area contributed by atoms with Gasteiger partial charge in [0.25, 0.3) is 0 Å². The van der Waals surface area contributed by atoms with Crippen LogP contribution in [0.25, 0.3) is 0 Å². The number of alkyl halides is 3. The van der Waals surface area contributed by atoms with Crippen LogP contribution in [0.15, 0.2) is 29.2 Å². The molecule has 1 saturated carbocycles. The van der Waals surface area contributed by atoms with Crippen LogP contribution in [0.5, 0.6) is 0 Å². The van der Waals surface area contributed by atoms with Crippen molar-refractivity contribution in [1.29, 1.82) is 0 Å². The lowest BCUT2D eigenvalue weighted by atomic mass is 10.1. The van der Waals surface area contributed by atoms with Crippen molar-refractivity contribution in [2.75, 3.05) is 26.2 Å². The number of carbonyl (C=O) groups excluding carboxylic acids is 1. The molecule has 1 aliphatic carbocycles. The number of hydrogen-bond acceptors (Lipinski definition) is 4. The zero-order valence-corrected chi connectivity index (χ0v) is 18.5. The molecular weight excluding hydrogens is 431 g/mol. The maximum Gasteiger partial charge on any atom is 0.417 e. The number of carbonyl (C=O) groups is 1. The fourth-order valence-corrected chi connectivity index (χ4v) is 5.94. The molecule has 10 heteroatoms. The van der Waals surface area contributed by atoms with E-state index in [4.69, 9.17) is 0 Å². The average molecular weight is 462 g/mol. The van der Waals surface area contributed by atoms with Crippen LogP contribution in [-0.4, -0.2) is 61.8 Å². The lowest BCUT2D eigenvalue weighted by Gasteiger charge is -2.37. The lowest BCUT2D eigenvalue weighted by molar-refractivity contribution is -0.140. The van der Waals surface area contributed by atoms with E-state index in [0.29, 0.717) is 0 Å². The maximum absolute atomic E-state index is 13.3. The molecule has 1 aromatic carbocycles. The monoisotopic (exact) mass is 461 g/mol. The molecule has 0 bridgehead atoms. The molecule has 31 heavy (non-hydrogen) atoms. The summed E-state index contributed by atoms with van der Waals surface area (Å²) < 4.78 is 66.7. The molecule has 1 atom stereocenters. The molecule has 1 heterocycles. The van der Waals surface area contributed by atoms with Gasteiger partial charge in [0.05, 0.1) is 16.5 Å². The summed E-state index contributed by atoms with van der Waals surface area (Å²) in [5.74, 6) is -0.0781. The smallest absolute Gasteiger partial charge is 0.352 e. The van der Waals surface area contributed by atoms with Gasteiger partial charge in [-0.3, -0.25) is 9.69 Å². The fourth-order valence-electron chi connectivity index (χ4n) is 4.31. The zero-order valence-electron chi connectivity index (χ0n) is 17.7. The molecule has 2 aliphatic rings. The first-order valence-corrected chi connectivity index (χ1v) is 12.3. The molecule has 0 radical (unpaired) electrons. The normalized spacial score (nSPS) is 21.4. The standard InChI is InChI=1S/C21H30F3N3O3S/c1-16(20(28)25-17-8-4-2-3-5-9-17)26-12-14-27(15-13-26)31(29,30)19-11-7-6-10-18(19)21(22,23)24/h6-7,10-11,16-17H,2-5,8-9,12-15H2,1H3,(H,25,28)/t16-/m1/s1. The van der Waals surface area contributed by atoms with Crippen molar-refractivity contribution >= 4 is 15.9 Å². The number of sulfonamides is 1. The number of halogens is 3. The second kappa shape index (κ2) is 9.87. The number of nitrogens with zero attached hydrogens (tertiary/aromatic N) is 2. The first-order valence-electron chi connectivity index (χ1n) is 10.8. The van der Waals surface area contributed by atoms with Crippen LogP contribution in [0.1, 0.15) is 51.0 Å². The topological polar surface area (TPSA) is 69.7 Å². The van der Waals surface area contributed by atoms with E-state index in [2.05, 4.69) is 5.32 Å². The van der Waals surface area contributed by atoms with E-state index in [1.165, 1.54) is 25.0 Å². The van der Waals surface area contributed by atoms with Gasteiger partial charge >= 0.3 is 6.18 Å². The quantitative estimate of drug-likeness (QED) is 0.684. The van der Waals surface area contributed by atoms with Crippen LogP contribution in [0.2, 0.25) is 0 Å². The Morgan fingerprint density at radius 3 is 2.19 bits per heavy atom. The Labute approximate surface area is 181 Å². The van der Waals surface area contributed by atoms with Crippen LogP contribution < -0.4 is 5.32 Å². The SMILES string of the molecule is C[C@H](C(=O)NC1CCCCCC1)N1CCN(S(=O)(=O)c2ccccc2C(F)(F)F)CC1. The first kappa shape index (κ1) is 24.0. The Bertz CT molecular complexity index is 860. The van der Waals surface area contributed by atoms with E-state index < -0.39 is 32.7 Å². The molecule has 0 aromatic heterocycles. The number of benzene rings is 1. The zero-order chi connectivity index (χ0) is 22.6. The Morgan fingerprint density at radius 1 is 1.03 bits per heavy atom. The molecule has 174 valence electrons. The third-order valence-electron chi connectivity index (χ3n) is 6.21. The molecule has 1 N–H and O–H groups in total. The number of piperazine rings is 1. The summed E-state index contributed by atoms with van der Waals surface area (Å²) in [6.07, 6.45) is 1.79. The summed E-state index contributed by atoms with van der Waals surface area (Å²) in [4.78, 5) is 13.8. The predicted octanol–water partition coefficient (Wildman–Crippen LogP) is 3.24. The van der Waals surface area contributed by atoms with Gasteiger partial charge in [-0.05, 0) is 31.9 Å². The lowest BCUT2D eigenvalue weighted by Crippen LogP contribution is -2.55. The van der Waals surface area contributed by atoms with E-state index in [9.17, 15) is 26.4 Å². The van der Waals surface area contributed by atoms with Crippen LogP contribution in [-0.2, 0) is 21.0 Å². The van der Waals surface area contributed by atoms with Gasteiger partial charge in [-0.15, -0.1) is 0 Å². The van der Waals surface area contributed by atoms with Crippen LogP contribution in [0, 0.1) is 0 Å². The van der Waals surface area contributed by atoms with Crippen molar-refractivity contribution in [3.05, 3.63) is 29.8 Å². The van der Waals surface area contributed by atoms with Crippen molar-refractivity contribution in [2.45, 2.75) is 68.6 Å². The van der Waals surface area contributed by atoms with Crippen LogP contribution in [0.3, 0.4) is 0 Å². The molecule has 0 spiro atoms. The van der Waals surface area contributed by atoms with E-state index in [1.807, 2.05) is 4.90 Å². The van der Waals surface area contributed by atoms with Gasteiger partial charge in [-0.2, -0.15) is 17.5 Å². The summed E-state index contributed by atoms with van der Waals surface area (Å²) in [7, 11) is -4.29. The third-order valence-corrected chi connectivity index (χ3v) is 8.17. The molecule has 1 aromatic rings. The van der Waals surface area contributed by atoms with Crippen molar-refractivity contribution in [2.24, 2.45) is 0 Å². The molecular formula is C21H30F3N3O3S. The molecule has 1 amide bonds. The number of amides is 1. The third kappa shape index (κ3) is 5.78. The van der Waals surface area contributed by atoms with Gasteiger partial charge in [0.15, 0.2) is 0 Å². The van der Waals surface area contributed by atoms with E-state index in [1.54, 1.807) is 6.92 Å². The van der Waals surface area contributed by atoms with E-state index in [0.717, 1.165) is 42.1 Å². The van der Waals surface area contributed by atoms with Crippen molar-refractivity contribution in [3.63, 3.8) is 0 Å². The van der Waals surface area contributed by atoms with Gasteiger partial charge < -0.3 is 5.32 Å². The summed E-state index contributed by atoms with van der Waals surface area (Å²) in [6.45, 7) is 2.43. The second-order valence-electron chi connectivity index (χ2n) is 8.31. The first-order chi connectivity index (χ1) is 14.6. The highest BCUT2D eigenvalue weighted by molar-refractivity contribution is 7.89. The minimum absolute atomic E-state index is 0.0373. The Kier molecular flexibility index (Phi) is 7.64. The van der Waals surface area contributed by atoms with Crippen LogP contribution in [0.4, 0.5) is 13.2 Å². The van der Waals surface area contributed by atoms with Gasteiger partial charge in [-0.1, -0.05) is 37.8 Å². The molecule has 1 aliphatic heterocycles. The Hall–Kier alpha value is -1.65. The van der Waals surface area contributed by atoms with E-state index in [-0.39, 0.29) is 38.1 Å². The highest BCUT2D eigenvalue weighted by Gasteiger charge is 2.40. The highest BCUT2D eigenvalue weighted by atomic mass is 32.2. The number of nitrogens with one attached hydrogen (secondary N) is 1. The molecule has 0 unspecified atom stereocenters. The Balaban J connectivity index is 1.62. The largest absolute Gasteiger partial charge is 0.417 e. The van der Waals surface area contributed by atoms with Gasteiger partial charge in [0.1, 0.15) is 0 Å². The molecule has 6 nitrogen and oxygen atoms in total. The minimum atomic E-state index is -4.75. The molecule has 2 fully saturated rings. The second-order valence-corrected chi connectivity index (χ2v) is 10.2. The van der Waals surface area contributed by atoms with Crippen molar-refractivity contribution < 1.29 is 26.4 Å². The summed E-state index contributed by atoms with van der Waals surface area (Å²) in [5, 5.41) is 3.11. The van der Waals surface area contributed by atoms with Crippen molar-refractivity contribution in [1.82, 2.24) is 14.5 Å². The van der Waals surface area contributed by atoms with Gasteiger partial charge in [-0.25, -0.2) is 8.42 Å². The summed E-state index contributed by atoms with van der Waals surface area (Å²) in [6, 6.07) is 4.00. The van der Waals surface area contributed by atoms with Crippen LogP contribution >= 0.6 is 0 Å². The Morgan fingerprint density at radius 2 is 1.61 bits per heavy atom. The summed E-state index contributed by atoms with van der Waals surface area (Å²) in [5.41, 5.74) is -1.16. The molecule has 3 rings (SSSR count). The minimum Gasteiger partial charge on any atom is -0.352 e. The van der Waals surface area contributed by atoms with E-state index >= 15 is 0 Å². The van der Waals surface area contributed by atoms with Gasteiger partial charge in [0, 0.05) is 32.2 Å². The average Bonchev–Trinajstić information content (AvgIpc) is 3.01. The number of rotatable bonds is 5. The maximum atomic E-state index is 13.3. The summed E-state index contributed by atoms with van der Waals surface area (Å²) >= 11 is 0. The predicted molar refractivity (Wildman–Crippen MR) is 111 cm³/mol. The number of hydrogen-bond donors (Lipinski definition) is 1. The highest BCUT2D eigenvalue weighted by Crippen LogP contribution is 2.35. The van der Waals surface area contributed by atoms with Gasteiger partial charge in [0.2, 0.25) is 15.9 Å². The van der Waals surface area contributed by atoms with Crippen molar-refractivity contribution in [3.8, 4) is 0 Å².